The number of amides is 1. The lowest BCUT2D eigenvalue weighted by atomic mass is 10.2. The SMILES string of the molecule is C=C(C/C=C\C=C/CC/C=C/CN(C)C(=O)/C=C(\C)OC)c1ncco1. The third-order valence-electron chi connectivity index (χ3n) is 3.55. The number of hydrogen-bond donors (Lipinski definition) is 0. The molecular formula is C21H28N2O3. The van der Waals surface area contributed by atoms with Crippen LogP contribution in [0.4, 0.5) is 0 Å². The van der Waals surface area contributed by atoms with Crippen LogP contribution in [0.3, 0.4) is 0 Å². The van der Waals surface area contributed by atoms with Gasteiger partial charge in [0.25, 0.3) is 0 Å². The number of methoxy groups -OCH3 is 1. The van der Waals surface area contributed by atoms with Gasteiger partial charge in [-0.2, -0.15) is 0 Å². The van der Waals surface area contributed by atoms with Gasteiger partial charge in [0.05, 0.1) is 19.1 Å². The lowest BCUT2D eigenvalue weighted by molar-refractivity contribution is -0.124. The first-order chi connectivity index (χ1) is 12.5. The second-order valence-corrected chi connectivity index (χ2v) is 5.73. The van der Waals surface area contributed by atoms with Crippen LogP contribution in [0.5, 0.6) is 0 Å². The van der Waals surface area contributed by atoms with E-state index in [1.165, 1.54) is 6.08 Å². The van der Waals surface area contributed by atoms with Crippen LogP contribution in [0.25, 0.3) is 5.57 Å². The minimum Gasteiger partial charge on any atom is -0.501 e. The van der Waals surface area contributed by atoms with E-state index < -0.39 is 0 Å². The van der Waals surface area contributed by atoms with E-state index in [1.807, 2.05) is 24.3 Å². The van der Waals surface area contributed by atoms with Gasteiger partial charge in [-0.1, -0.05) is 43.0 Å². The molecule has 0 fully saturated rings. The van der Waals surface area contributed by atoms with Crippen molar-refractivity contribution in [2.45, 2.75) is 26.2 Å². The summed E-state index contributed by atoms with van der Waals surface area (Å²) in [6.45, 7) is 6.27. The molecular weight excluding hydrogens is 328 g/mol. The van der Waals surface area contributed by atoms with Crippen LogP contribution < -0.4 is 0 Å². The fourth-order valence-electron chi connectivity index (χ4n) is 1.92. The van der Waals surface area contributed by atoms with Crippen molar-refractivity contribution in [3.8, 4) is 0 Å². The summed E-state index contributed by atoms with van der Waals surface area (Å²) in [5, 5.41) is 0. The zero-order valence-corrected chi connectivity index (χ0v) is 15.9. The quantitative estimate of drug-likeness (QED) is 0.192. The van der Waals surface area contributed by atoms with Crippen LogP contribution in [0.1, 0.15) is 32.1 Å². The molecule has 1 aromatic heterocycles. The number of carbonyl (C=O) groups is 1. The topological polar surface area (TPSA) is 55.6 Å². The molecule has 0 unspecified atom stereocenters. The van der Waals surface area contributed by atoms with Gasteiger partial charge in [-0.25, -0.2) is 4.98 Å². The van der Waals surface area contributed by atoms with Crippen molar-refractivity contribution in [2.75, 3.05) is 20.7 Å². The van der Waals surface area contributed by atoms with Crippen molar-refractivity contribution >= 4 is 11.5 Å². The number of likely N-dealkylation sites (N-methyl/N-ethyl adjacent to an activating group) is 1. The molecule has 1 heterocycles. The van der Waals surface area contributed by atoms with Crippen LogP contribution in [0.2, 0.25) is 0 Å². The molecule has 0 saturated heterocycles. The van der Waals surface area contributed by atoms with Gasteiger partial charge in [0, 0.05) is 25.2 Å². The molecule has 0 radical (unpaired) electrons. The maximum Gasteiger partial charge on any atom is 0.249 e. The van der Waals surface area contributed by atoms with Crippen molar-refractivity contribution in [1.82, 2.24) is 9.88 Å². The number of allylic oxidation sites excluding steroid dienone is 7. The van der Waals surface area contributed by atoms with E-state index in [4.69, 9.17) is 9.15 Å². The van der Waals surface area contributed by atoms with Crippen LogP contribution in [-0.4, -0.2) is 36.5 Å². The zero-order chi connectivity index (χ0) is 19.2. The van der Waals surface area contributed by atoms with Crippen LogP contribution in [0.15, 0.2) is 71.7 Å². The van der Waals surface area contributed by atoms with E-state index >= 15 is 0 Å². The lowest BCUT2D eigenvalue weighted by Crippen LogP contribution is -2.25. The largest absolute Gasteiger partial charge is 0.501 e. The van der Waals surface area contributed by atoms with Gasteiger partial charge in [-0.3, -0.25) is 4.79 Å². The fraction of sp³-hybridized carbons (Fsp3) is 0.333. The average Bonchev–Trinajstić information content (AvgIpc) is 3.17. The number of ether oxygens (including phenoxy) is 1. The van der Waals surface area contributed by atoms with Gasteiger partial charge in [-0.15, -0.1) is 0 Å². The number of nitrogens with zero attached hydrogens (tertiary/aromatic N) is 2. The molecule has 140 valence electrons. The third-order valence-corrected chi connectivity index (χ3v) is 3.55. The van der Waals surface area contributed by atoms with Crippen molar-refractivity contribution in [3.05, 3.63) is 73.2 Å². The molecule has 1 amide bonds. The smallest absolute Gasteiger partial charge is 0.249 e. The predicted octanol–water partition coefficient (Wildman–Crippen LogP) is 4.54. The Bertz CT molecular complexity index is 667. The summed E-state index contributed by atoms with van der Waals surface area (Å²) in [6.07, 6.45) is 19.5. The fourth-order valence-corrected chi connectivity index (χ4v) is 1.92. The van der Waals surface area contributed by atoms with E-state index in [2.05, 4.69) is 23.7 Å². The maximum absolute atomic E-state index is 11.8. The van der Waals surface area contributed by atoms with Crippen LogP contribution in [-0.2, 0) is 9.53 Å². The van der Waals surface area contributed by atoms with E-state index in [1.54, 1.807) is 38.4 Å². The molecule has 0 atom stereocenters. The monoisotopic (exact) mass is 356 g/mol. The average molecular weight is 356 g/mol. The molecule has 26 heavy (non-hydrogen) atoms. The summed E-state index contributed by atoms with van der Waals surface area (Å²) in [6, 6.07) is 0. The highest BCUT2D eigenvalue weighted by Crippen LogP contribution is 2.13. The first-order valence-corrected chi connectivity index (χ1v) is 8.56. The van der Waals surface area contributed by atoms with E-state index in [-0.39, 0.29) is 5.91 Å². The van der Waals surface area contributed by atoms with E-state index in [0.717, 1.165) is 18.4 Å². The van der Waals surface area contributed by atoms with Crippen molar-refractivity contribution in [2.24, 2.45) is 0 Å². The standard InChI is InChI=1S/C21H28N2O3/c1-18(21-22-14-16-26-21)13-11-9-7-5-6-8-10-12-15-23(3)20(24)17-19(2)25-4/h5,7,9-12,14,16-17H,1,6,8,13,15H2,2-4H3/b7-5-,11-9-,12-10+,19-17+. The Kier molecular flexibility index (Phi) is 10.2. The summed E-state index contributed by atoms with van der Waals surface area (Å²) in [4.78, 5) is 17.5. The molecule has 0 saturated carbocycles. The molecule has 0 aliphatic heterocycles. The molecule has 0 bridgehead atoms. The Morgan fingerprint density at radius 2 is 2.00 bits per heavy atom. The Balaban J connectivity index is 2.16. The van der Waals surface area contributed by atoms with Gasteiger partial charge in [0.2, 0.25) is 11.8 Å². The second-order valence-electron chi connectivity index (χ2n) is 5.73. The minimum absolute atomic E-state index is 0.0645. The van der Waals surface area contributed by atoms with Gasteiger partial charge >= 0.3 is 0 Å². The minimum atomic E-state index is -0.0645. The van der Waals surface area contributed by atoms with Crippen LogP contribution >= 0.6 is 0 Å². The summed E-state index contributed by atoms with van der Waals surface area (Å²) in [7, 11) is 3.32. The zero-order valence-electron chi connectivity index (χ0n) is 15.9. The molecule has 1 aromatic rings. The predicted molar refractivity (Wildman–Crippen MR) is 105 cm³/mol. The van der Waals surface area contributed by atoms with Gasteiger partial charge in [0.15, 0.2) is 0 Å². The van der Waals surface area contributed by atoms with Gasteiger partial charge in [-0.05, 0) is 26.2 Å². The highest BCUT2D eigenvalue weighted by molar-refractivity contribution is 5.87. The first kappa shape index (κ1) is 21.2. The molecule has 0 aliphatic rings. The normalized spacial score (nSPS) is 12.3. The Morgan fingerprint density at radius 3 is 2.69 bits per heavy atom. The number of hydrogen-bond acceptors (Lipinski definition) is 4. The number of carbonyl (C=O) groups excluding carboxylic acids is 1. The molecule has 0 N–H and O–H groups in total. The number of aromatic nitrogens is 1. The highest BCUT2D eigenvalue weighted by atomic mass is 16.5. The Morgan fingerprint density at radius 1 is 1.27 bits per heavy atom. The Hall–Kier alpha value is -2.82. The van der Waals surface area contributed by atoms with Crippen molar-refractivity contribution in [1.29, 1.82) is 0 Å². The highest BCUT2D eigenvalue weighted by Gasteiger charge is 2.03. The van der Waals surface area contributed by atoms with Crippen molar-refractivity contribution < 1.29 is 13.9 Å². The maximum atomic E-state index is 11.8. The third kappa shape index (κ3) is 8.87. The molecule has 5 nitrogen and oxygen atoms in total. The molecule has 0 aromatic carbocycles. The van der Waals surface area contributed by atoms with Crippen LogP contribution in [0, 0.1) is 0 Å². The lowest BCUT2D eigenvalue weighted by Gasteiger charge is -2.12. The molecule has 0 spiro atoms. The number of rotatable bonds is 11. The Labute approximate surface area is 156 Å². The summed E-state index contributed by atoms with van der Waals surface area (Å²) in [5.74, 6) is 1.12. The van der Waals surface area contributed by atoms with Gasteiger partial charge < -0.3 is 14.1 Å². The van der Waals surface area contributed by atoms with E-state index in [0.29, 0.717) is 24.6 Å². The number of oxazole rings is 1. The number of unbranched alkanes of at least 4 members (excludes halogenated alkanes) is 1. The van der Waals surface area contributed by atoms with Gasteiger partial charge in [0.1, 0.15) is 6.26 Å². The second kappa shape index (κ2) is 12.5. The van der Waals surface area contributed by atoms with Crippen molar-refractivity contribution in [3.63, 3.8) is 0 Å². The first-order valence-electron chi connectivity index (χ1n) is 8.56. The molecule has 5 heteroatoms. The molecule has 0 aliphatic carbocycles. The summed E-state index contributed by atoms with van der Waals surface area (Å²) in [5.41, 5.74) is 0.858. The summed E-state index contributed by atoms with van der Waals surface area (Å²) >= 11 is 0. The molecule has 1 rings (SSSR count). The van der Waals surface area contributed by atoms with E-state index in [9.17, 15) is 4.79 Å². The summed E-state index contributed by atoms with van der Waals surface area (Å²) < 4.78 is 10.2.